The molecule has 0 bridgehead atoms. The molecule has 2 rings (SSSR count). The van der Waals surface area contributed by atoms with E-state index < -0.39 is 14.9 Å². The van der Waals surface area contributed by atoms with E-state index in [9.17, 15) is 18.5 Å². The number of unbranched alkanes of at least 4 members (excludes halogenated alkanes) is 1. The molecule has 0 fully saturated rings. The second-order valence-electron chi connectivity index (χ2n) is 5.95. The summed E-state index contributed by atoms with van der Waals surface area (Å²) < 4.78 is 35.8. The van der Waals surface area contributed by atoms with E-state index >= 15 is 0 Å². The molecule has 156 valence electrons. The summed E-state index contributed by atoms with van der Waals surface area (Å²) in [6, 6.07) is 9.86. The number of benzene rings is 2. The lowest BCUT2D eigenvalue weighted by Crippen LogP contribution is -2.18. The third kappa shape index (κ3) is 6.46. The molecule has 1 N–H and O–H groups in total. The van der Waals surface area contributed by atoms with Crippen molar-refractivity contribution in [1.29, 1.82) is 0 Å². The van der Waals surface area contributed by atoms with Gasteiger partial charge in [-0.2, -0.15) is 13.5 Å². The van der Waals surface area contributed by atoms with E-state index in [1.54, 1.807) is 18.2 Å². The maximum atomic E-state index is 12.3. The van der Waals surface area contributed by atoms with Crippen LogP contribution in [-0.2, 0) is 10.0 Å². The summed E-state index contributed by atoms with van der Waals surface area (Å²) in [5.41, 5.74) is 0.273. The summed E-state index contributed by atoms with van der Waals surface area (Å²) >= 11 is 0. The Labute approximate surface area is 169 Å². The lowest BCUT2D eigenvalue weighted by atomic mass is 10.2. The normalized spacial score (nSPS) is 11.4. The first-order chi connectivity index (χ1) is 13.9. The van der Waals surface area contributed by atoms with Crippen molar-refractivity contribution in [1.82, 2.24) is 4.83 Å². The summed E-state index contributed by atoms with van der Waals surface area (Å²) in [4.78, 5) is 11.9. The highest BCUT2D eigenvalue weighted by atomic mass is 32.2. The lowest BCUT2D eigenvalue weighted by molar-refractivity contribution is -0.385. The number of hydrazone groups is 1. The molecule has 10 heteroatoms. The van der Waals surface area contributed by atoms with Crippen LogP contribution in [0.3, 0.4) is 0 Å². The van der Waals surface area contributed by atoms with Gasteiger partial charge in [0.25, 0.3) is 15.7 Å². The summed E-state index contributed by atoms with van der Waals surface area (Å²) in [6.45, 7) is 4.95. The third-order valence-electron chi connectivity index (χ3n) is 3.75. The van der Waals surface area contributed by atoms with Gasteiger partial charge in [-0.15, -0.1) is 0 Å². The highest BCUT2D eigenvalue weighted by Crippen LogP contribution is 2.28. The fourth-order valence-electron chi connectivity index (χ4n) is 2.31. The summed E-state index contributed by atoms with van der Waals surface area (Å²) in [5, 5.41) is 14.6. The first-order valence-corrected chi connectivity index (χ1v) is 10.5. The van der Waals surface area contributed by atoms with Crippen LogP contribution in [0.25, 0.3) is 0 Å². The van der Waals surface area contributed by atoms with Gasteiger partial charge >= 0.3 is 0 Å². The van der Waals surface area contributed by atoms with Gasteiger partial charge in [0.2, 0.25) is 0 Å². The second-order valence-corrected chi connectivity index (χ2v) is 7.61. The second kappa shape index (κ2) is 10.4. The summed E-state index contributed by atoms with van der Waals surface area (Å²) in [7, 11) is -4.04. The molecule has 2 aromatic rings. The zero-order chi connectivity index (χ0) is 21.3. The van der Waals surface area contributed by atoms with Crippen LogP contribution in [-0.4, -0.2) is 32.8 Å². The van der Waals surface area contributed by atoms with Gasteiger partial charge in [0.1, 0.15) is 0 Å². The van der Waals surface area contributed by atoms with E-state index in [4.69, 9.17) is 9.47 Å². The molecule has 0 amide bonds. The van der Waals surface area contributed by atoms with Crippen LogP contribution < -0.4 is 14.3 Å². The summed E-state index contributed by atoms with van der Waals surface area (Å²) in [6.07, 6.45) is 3.25. The first kappa shape index (κ1) is 22.2. The van der Waals surface area contributed by atoms with Crippen LogP contribution in [0.5, 0.6) is 11.5 Å². The molecule has 0 aromatic heterocycles. The van der Waals surface area contributed by atoms with Gasteiger partial charge in [-0.25, -0.2) is 4.83 Å². The quantitative estimate of drug-likeness (QED) is 0.257. The van der Waals surface area contributed by atoms with E-state index in [2.05, 4.69) is 12.0 Å². The number of rotatable bonds is 11. The number of sulfonamides is 1. The van der Waals surface area contributed by atoms with Crippen LogP contribution in [0.4, 0.5) is 5.69 Å². The standard InChI is InChI=1S/C19H23N3O6S/c1-3-5-11-28-18-10-9-15(12-19(18)27-4-2)14-20-21-29(25,26)17-8-6-7-16(13-17)22(23)24/h6-10,12-14,21H,3-5,11H2,1-2H3/b20-14+. The molecule has 0 atom stereocenters. The third-order valence-corrected chi connectivity index (χ3v) is 4.97. The van der Waals surface area contributed by atoms with Crippen molar-refractivity contribution in [3.63, 3.8) is 0 Å². The van der Waals surface area contributed by atoms with Gasteiger partial charge < -0.3 is 9.47 Å². The van der Waals surface area contributed by atoms with Gasteiger partial charge in [-0.1, -0.05) is 19.4 Å². The van der Waals surface area contributed by atoms with E-state index in [1.165, 1.54) is 24.4 Å². The lowest BCUT2D eigenvalue weighted by Gasteiger charge is -2.12. The molecule has 0 unspecified atom stereocenters. The maximum Gasteiger partial charge on any atom is 0.276 e. The minimum absolute atomic E-state index is 0.251. The molecule has 29 heavy (non-hydrogen) atoms. The highest BCUT2D eigenvalue weighted by Gasteiger charge is 2.16. The Bertz CT molecular complexity index is 976. The SMILES string of the molecule is CCCCOc1ccc(/C=N/NS(=O)(=O)c2cccc([N+](=O)[O-])c2)cc1OCC. The Morgan fingerprint density at radius 2 is 1.93 bits per heavy atom. The largest absolute Gasteiger partial charge is 0.490 e. The minimum atomic E-state index is -4.04. The smallest absolute Gasteiger partial charge is 0.276 e. The van der Waals surface area contributed by atoms with Crippen molar-refractivity contribution in [2.24, 2.45) is 5.10 Å². The van der Waals surface area contributed by atoms with Crippen LogP contribution in [0, 0.1) is 10.1 Å². The fourth-order valence-corrected chi connectivity index (χ4v) is 3.14. The van der Waals surface area contributed by atoms with Crippen LogP contribution in [0.15, 0.2) is 52.5 Å². The Hall–Kier alpha value is -3.14. The van der Waals surface area contributed by atoms with Crippen molar-refractivity contribution in [3.8, 4) is 11.5 Å². The zero-order valence-electron chi connectivity index (χ0n) is 16.2. The molecule has 0 aliphatic rings. The van der Waals surface area contributed by atoms with Gasteiger partial charge in [-0.05, 0) is 43.2 Å². The maximum absolute atomic E-state index is 12.3. The monoisotopic (exact) mass is 421 g/mol. The van der Waals surface area contributed by atoms with Crippen molar-refractivity contribution in [3.05, 3.63) is 58.1 Å². The molecule has 9 nitrogen and oxygen atoms in total. The van der Waals surface area contributed by atoms with E-state index in [1.807, 2.05) is 11.8 Å². The highest BCUT2D eigenvalue weighted by molar-refractivity contribution is 7.89. The Balaban J connectivity index is 2.13. The van der Waals surface area contributed by atoms with Crippen LogP contribution >= 0.6 is 0 Å². The molecule has 0 aliphatic heterocycles. The first-order valence-electron chi connectivity index (χ1n) is 9.06. The fraction of sp³-hybridized carbons (Fsp3) is 0.316. The minimum Gasteiger partial charge on any atom is -0.490 e. The van der Waals surface area contributed by atoms with Crippen LogP contribution in [0.1, 0.15) is 32.3 Å². The Morgan fingerprint density at radius 3 is 2.62 bits per heavy atom. The van der Waals surface area contributed by atoms with Crippen molar-refractivity contribution in [2.45, 2.75) is 31.6 Å². The number of nitrogens with zero attached hydrogens (tertiary/aromatic N) is 2. The molecule has 0 spiro atoms. The number of non-ortho nitro benzene ring substituents is 1. The molecule has 0 radical (unpaired) electrons. The topological polar surface area (TPSA) is 120 Å². The Kier molecular flexibility index (Phi) is 7.96. The van der Waals surface area contributed by atoms with Gasteiger partial charge in [0.05, 0.1) is 29.2 Å². The number of nitrogens with one attached hydrogen (secondary N) is 1. The number of ether oxygens (including phenoxy) is 2. The average molecular weight is 421 g/mol. The van der Waals surface area contributed by atoms with Crippen molar-refractivity contribution < 1.29 is 22.8 Å². The van der Waals surface area contributed by atoms with Crippen LogP contribution in [0.2, 0.25) is 0 Å². The van der Waals surface area contributed by atoms with E-state index in [-0.39, 0.29) is 10.6 Å². The number of nitro groups is 1. The van der Waals surface area contributed by atoms with E-state index in [0.717, 1.165) is 18.9 Å². The zero-order valence-corrected chi connectivity index (χ0v) is 17.0. The molecule has 0 saturated heterocycles. The van der Waals surface area contributed by atoms with Gasteiger partial charge in [0, 0.05) is 12.1 Å². The van der Waals surface area contributed by atoms with Crippen molar-refractivity contribution in [2.75, 3.05) is 13.2 Å². The molecule has 0 heterocycles. The van der Waals surface area contributed by atoms with E-state index in [0.29, 0.717) is 30.3 Å². The summed E-state index contributed by atoms with van der Waals surface area (Å²) in [5.74, 6) is 1.14. The molecule has 2 aromatic carbocycles. The Morgan fingerprint density at radius 1 is 1.14 bits per heavy atom. The number of hydrogen-bond acceptors (Lipinski definition) is 7. The average Bonchev–Trinajstić information content (AvgIpc) is 2.70. The molecular weight excluding hydrogens is 398 g/mol. The molecular formula is C19H23N3O6S. The van der Waals surface area contributed by atoms with Crippen molar-refractivity contribution >= 4 is 21.9 Å². The predicted molar refractivity (Wildman–Crippen MR) is 109 cm³/mol. The number of hydrogen-bond donors (Lipinski definition) is 1. The van der Waals surface area contributed by atoms with Gasteiger partial charge in [0.15, 0.2) is 11.5 Å². The predicted octanol–water partition coefficient (Wildman–Crippen LogP) is 3.48. The molecule has 0 saturated carbocycles. The van der Waals surface area contributed by atoms with Gasteiger partial charge in [-0.3, -0.25) is 10.1 Å². The molecule has 0 aliphatic carbocycles. The number of nitro benzene ring substituents is 1.